The third kappa shape index (κ3) is 3.77. The number of hydrogen-bond donors (Lipinski definition) is 1. The maximum absolute atomic E-state index is 6.01. The number of thiazole rings is 1. The number of nitrogens with zero attached hydrogens (tertiary/aromatic N) is 1. The van der Waals surface area contributed by atoms with E-state index in [-0.39, 0.29) is 5.60 Å². The van der Waals surface area contributed by atoms with Gasteiger partial charge in [0.1, 0.15) is 0 Å². The van der Waals surface area contributed by atoms with E-state index < -0.39 is 0 Å². The molecule has 1 aromatic rings. The van der Waals surface area contributed by atoms with Crippen molar-refractivity contribution in [2.75, 3.05) is 6.61 Å². The van der Waals surface area contributed by atoms with Crippen LogP contribution in [0.5, 0.6) is 0 Å². The Kier molecular flexibility index (Phi) is 5.37. The zero-order valence-electron chi connectivity index (χ0n) is 12.4. The Morgan fingerprint density at radius 2 is 2.21 bits per heavy atom. The van der Waals surface area contributed by atoms with Gasteiger partial charge in [-0.25, -0.2) is 4.98 Å². The van der Waals surface area contributed by atoms with Crippen LogP contribution in [0, 0.1) is 0 Å². The topological polar surface area (TPSA) is 34.2 Å². The largest absolute Gasteiger partial charge is 0.375 e. The summed E-state index contributed by atoms with van der Waals surface area (Å²) in [7, 11) is 0. The normalized spacial score (nSPS) is 22.6. The van der Waals surface area contributed by atoms with Gasteiger partial charge in [-0.05, 0) is 32.1 Å². The quantitative estimate of drug-likeness (QED) is 0.866. The van der Waals surface area contributed by atoms with Crippen molar-refractivity contribution in [3.05, 3.63) is 16.1 Å². The van der Waals surface area contributed by atoms with Crippen molar-refractivity contribution < 1.29 is 4.74 Å². The zero-order chi connectivity index (χ0) is 13.7. The summed E-state index contributed by atoms with van der Waals surface area (Å²) < 4.78 is 6.01. The third-order valence-corrected chi connectivity index (χ3v) is 5.30. The molecule has 1 aliphatic heterocycles. The molecule has 3 nitrogen and oxygen atoms in total. The molecule has 0 spiro atoms. The van der Waals surface area contributed by atoms with Gasteiger partial charge in [0.15, 0.2) is 0 Å². The monoisotopic (exact) mass is 282 g/mol. The van der Waals surface area contributed by atoms with E-state index >= 15 is 0 Å². The minimum Gasteiger partial charge on any atom is -0.375 e. The minimum atomic E-state index is 0.104. The van der Waals surface area contributed by atoms with Gasteiger partial charge in [0.25, 0.3) is 0 Å². The summed E-state index contributed by atoms with van der Waals surface area (Å²) >= 11 is 1.77. The number of rotatable bonds is 6. The van der Waals surface area contributed by atoms with Crippen LogP contribution >= 0.6 is 11.3 Å². The molecule has 1 saturated heterocycles. The summed E-state index contributed by atoms with van der Waals surface area (Å²) in [4.78, 5) is 4.61. The highest BCUT2D eigenvalue weighted by Crippen LogP contribution is 2.31. The highest BCUT2D eigenvalue weighted by molar-refractivity contribution is 7.09. The second kappa shape index (κ2) is 6.82. The van der Waals surface area contributed by atoms with Crippen molar-refractivity contribution in [2.45, 2.75) is 71.1 Å². The molecule has 2 rings (SSSR count). The first-order valence-electron chi connectivity index (χ1n) is 7.52. The summed E-state index contributed by atoms with van der Waals surface area (Å²) in [5, 5.41) is 7.08. The molecule has 0 saturated carbocycles. The first kappa shape index (κ1) is 14.9. The van der Waals surface area contributed by atoms with Crippen molar-refractivity contribution in [3.8, 4) is 0 Å². The summed E-state index contributed by atoms with van der Waals surface area (Å²) in [6.07, 6.45) is 5.50. The first-order chi connectivity index (χ1) is 9.21. The van der Waals surface area contributed by atoms with Crippen LogP contribution in [-0.2, 0) is 17.7 Å². The van der Waals surface area contributed by atoms with E-state index in [0.717, 1.165) is 45.3 Å². The van der Waals surface area contributed by atoms with Gasteiger partial charge in [-0.3, -0.25) is 0 Å². The fourth-order valence-electron chi connectivity index (χ4n) is 2.79. The summed E-state index contributed by atoms with van der Waals surface area (Å²) in [6, 6.07) is 0.570. The number of ether oxygens (including phenoxy) is 1. The van der Waals surface area contributed by atoms with Crippen LogP contribution < -0.4 is 5.32 Å². The molecule has 2 heterocycles. The van der Waals surface area contributed by atoms with E-state index in [4.69, 9.17) is 4.74 Å². The molecule has 0 aromatic carbocycles. The number of hydrogen-bond acceptors (Lipinski definition) is 4. The molecule has 1 atom stereocenters. The Hall–Kier alpha value is -0.450. The van der Waals surface area contributed by atoms with E-state index in [0.29, 0.717) is 6.04 Å². The predicted molar refractivity (Wildman–Crippen MR) is 80.6 cm³/mol. The van der Waals surface area contributed by atoms with E-state index in [1.165, 1.54) is 10.7 Å². The summed E-state index contributed by atoms with van der Waals surface area (Å²) in [5.41, 5.74) is 1.29. The molecule has 0 aliphatic carbocycles. The van der Waals surface area contributed by atoms with Crippen LogP contribution in [0.4, 0.5) is 0 Å². The van der Waals surface area contributed by atoms with Gasteiger partial charge < -0.3 is 10.1 Å². The van der Waals surface area contributed by atoms with Gasteiger partial charge in [0.05, 0.1) is 16.3 Å². The minimum absolute atomic E-state index is 0.104. The van der Waals surface area contributed by atoms with Crippen molar-refractivity contribution >= 4 is 11.3 Å². The standard InChI is InChI=1S/C15H26N2OS/c1-4-14-17-13(11-19-14)10-16-12-7-8-18-15(5-2,6-3)9-12/h11-12,16H,4-10H2,1-3H3. The highest BCUT2D eigenvalue weighted by Gasteiger charge is 2.34. The molecule has 1 fully saturated rings. The maximum Gasteiger partial charge on any atom is 0.0926 e. The van der Waals surface area contributed by atoms with Crippen LogP contribution in [-0.4, -0.2) is 23.2 Å². The molecule has 1 aliphatic rings. The van der Waals surface area contributed by atoms with Crippen LogP contribution in [0.15, 0.2) is 5.38 Å². The molecule has 1 aromatic heterocycles. The lowest BCUT2D eigenvalue weighted by atomic mass is 9.86. The molecular formula is C15H26N2OS. The lowest BCUT2D eigenvalue weighted by Gasteiger charge is -2.40. The Bertz CT molecular complexity index is 387. The molecule has 0 radical (unpaired) electrons. The Balaban J connectivity index is 1.85. The molecule has 108 valence electrons. The molecule has 0 bridgehead atoms. The second-order valence-electron chi connectivity index (χ2n) is 5.40. The number of nitrogens with one attached hydrogen (secondary N) is 1. The second-order valence-corrected chi connectivity index (χ2v) is 6.34. The van der Waals surface area contributed by atoms with Gasteiger partial charge in [-0.15, -0.1) is 11.3 Å². The summed E-state index contributed by atoms with van der Waals surface area (Å²) in [5.74, 6) is 0. The Morgan fingerprint density at radius 3 is 2.84 bits per heavy atom. The molecule has 19 heavy (non-hydrogen) atoms. The molecular weight excluding hydrogens is 256 g/mol. The molecule has 1 unspecified atom stereocenters. The van der Waals surface area contributed by atoms with Crippen LogP contribution in [0.3, 0.4) is 0 Å². The predicted octanol–water partition coefficient (Wildman–Crippen LogP) is 3.53. The summed E-state index contributed by atoms with van der Waals surface area (Å²) in [6.45, 7) is 8.41. The molecule has 0 amide bonds. The molecule has 4 heteroatoms. The number of aryl methyl sites for hydroxylation is 1. The van der Waals surface area contributed by atoms with Gasteiger partial charge in [0, 0.05) is 24.6 Å². The van der Waals surface area contributed by atoms with Gasteiger partial charge in [-0.1, -0.05) is 20.8 Å². The first-order valence-corrected chi connectivity index (χ1v) is 8.40. The van der Waals surface area contributed by atoms with Crippen molar-refractivity contribution in [1.82, 2.24) is 10.3 Å². The Morgan fingerprint density at radius 1 is 1.42 bits per heavy atom. The number of aromatic nitrogens is 1. The Labute approximate surface area is 120 Å². The fraction of sp³-hybridized carbons (Fsp3) is 0.800. The van der Waals surface area contributed by atoms with E-state index in [2.05, 4.69) is 36.5 Å². The van der Waals surface area contributed by atoms with Crippen LogP contribution in [0.2, 0.25) is 0 Å². The van der Waals surface area contributed by atoms with Gasteiger partial charge >= 0.3 is 0 Å². The smallest absolute Gasteiger partial charge is 0.0926 e. The third-order valence-electron chi connectivity index (χ3n) is 4.26. The lowest BCUT2D eigenvalue weighted by molar-refractivity contribution is -0.0932. The van der Waals surface area contributed by atoms with Gasteiger partial charge in [-0.2, -0.15) is 0 Å². The average molecular weight is 282 g/mol. The van der Waals surface area contributed by atoms with Crippen LogP contribution in [0.25, 0.3) is 0 Å². The van der Waals surface area contributed by atoms with E-state index in [9.17, 15) is 0 Å². The van der Waals surface area contributed by atoms with Crippen molar-refractivity contribution in [2.24, 2.45) is 0 Å². The fourth-order valence-corrected chi connectivity index (χ4v) is 3.53. The SMILES string of the molecule is CCc1nc(CNC2CCOC(CC)(CC)C2)cs1. The van der Waals surface area contributed by atoms with Crippen molar-refractivity contribution in [3.63, 3.8) is 0 Å². The van der Waals surface area contributed by atoms with Crippen LogP contribution in [0.1, 0.15) is 57.2 Å². The zero-order valence-corrected chi connectivity index (χ0v) is 13.2. The maximum atomic E-state index is 6.01. The average Bonchev–Trinajstić information content (AvgIpc) is 2.93. The highest BCUT2D eigenvalue weighted by atomic mass is 32.1. The molecule has 1 N–H and O–H groups in total. The lowest BCUT2D eigenvalue weighted by Crippen LogP contribution is -2.46. The van der Waals surface area contributed by atoms with Gasteiger partial charge in [0.2, 0.25) is 0 Å². The van der Waals surface area contributed by atoms with E-state index in [1.54, 1.807) is 11.3 Å². The van der Waals surface area contributed by atoms with Crippen molar-refractivity contribution in [1.29, 1.82) is 0 Å². The van der Waals surface area contributed by atoms with E-state index in [1.807, 2.05) is 0 Å².